The van der Waals surface area contributed by atoms with Crippen LogP contribution in [-0.4, -0.2) is 15.8 Å². The summed E-state index contributed by atoms with van der Waals surface area (Å²) in [5, 5.41) is 9.63. The second-order valence-electron chi connectivity index (χ2n) is 3.41. The van der Waals surface area contributed by atoms with Gasteiger partial charge in [0.1, 0.15) is 6.10 Å². The predicted octanol–water partition coefficient (Wildman–Crippen LogP) is 3.28. The van der Waals surface area contributed by atoms with Gasteiger partial charge in [-0.05, 0) is 39.6 Å². The molecule has 0 radical (unpaired) electrons. The maximum Gasteiger partial charge on any atom is 0.214 e. The molecule has 0 saturated heterocycles. The summed E-state index contributed by atoms with van der Waals surface area (Å²) in [5.74, 6) is 0.129. The zero-order chi connectivity index (χ0) is 10.2. The molecule has 1 nitrogen and oxygen atoms in total. The molecule has 4 heteroatoms. The van der Waals surface area contributed by atoms with Crippen LogP contribution >= 0.6 is 31.9 Å². The minimum Gasteiger partial charge on any atom is -0.384 e. The number of hydrogen-bond donors (Lipinski definition) is 1. The molecule has 0 aromatic heterocycles. The van der Waals surface area contributed by atoms with E-state index in [0.717, 1.165) is 0 Å². The Hall–Kier alpha value is 0.330. The molecule has 2 atom stereocenters. The zero-order valence-corrected chi connectivity index (χ0v) is 10.6. The van der Waals surface area contributed by atoms with Crippen molar-refractivity contribution >= 4 is 31.9 Å². The number of alkyl halides is 2. The third-order valence-electron chi connectivity index (χ3n) is 1.98. The quantitative estimate of drug-likeness (QED) is 0.737. The number of hydrogen-bond acceptors (Lipinski definition) is 1. The van der Waals surface area contributed by atoms with Crippen molar-refractivity contribution in [3.8, 4) is 0 Å². The van der Waals surface area contributed by atoms with Crippen molar-refractivity contribution in [2.75, 3.05) is 0 Å². The van der Waals surface area contributed by atoms with Crippen LogP contribution in [0.2, 0.25) is 0 Å². The lowest BCUT2D eigenvalue weighted by Gasteiger charge is -2.29. The van der Waals surface area contributed by atoms with Crippen molar-refractivity contribution < 1.29 is 9.50 Å². The third-order valence-corrected chi connectivity index (χ3v) is 3.10. The number of halogens is 3. The van der Waals surface area contributed by atoms with Gasteiger partial charge in [-0.15, -0.1) is 0 Å². The fourth-order valence-corrected chi connectivity index (χ4v) is 2.66. The first-order chi connectivity index (χ1) is 5.84. The van der Waals surface area contributed by atoms with Gasteiger partial charge >= 0.3 is 0 Å². The lowest BCUT2D eigenvalue weighted by molar-refractivity contribution is 0.107. The molecule has 0 fully saturated rings. The summed E-state index contributed by atoms with van der Waals surface area (Å²) in [4.78, 5) is 0. The normalized spacial score (nSPS) is 34.5. The first-order valence-corrected chi connectivity index (χ1v) is 5.59. The van der Waals surface area contributed by atoms with E-state index >= 15 is 0 Å². The summed E-state index contributed by atoms with van der Waals surface area (Å²) >= 11 is 6.05. The molecule has 0 aromatic rings. The van der Waals surface area contributed by atoms with E-state index in [-0.39, 0.29) is 5.92 Å². The Morgan fingerprint density at radius 1 is 1.62 bits per heavy atom. The van der Waals surface area contributed by atoms with Crippen LogP contribution in [0.15, 0.2) is 22.2 Å². The lowest BCUT2D eigenvalue weighted by Crippen LogP contribution is -2.35. The molecule has 2 unspecified atom stereocenters. The molecule has 1 N–H and O–H groups in total. The van der Waals surface area contributed by atoms with Crippen LogP contribution in [0, 0.1) is 5.92 Å². The molecule has 0 aliphatic heterocycles. The molecule has 13 heavy (non-hydrogen) atoms. The minimum atomic E-state index is -1.85. The molecule has 0 spiro atoms. The van der Waals surface area contributed by atoms with Gasteiger partial charge in [0.15, 0.2) is 0 Å². The highest BCUT2D eigenvalue weighted by molar-refractivity contribution is 9.12. The minimum absolute atomic E-state index is 0.129. The van der Waals surface area contributed by atoms with Crippen molar-refractivity contribution in [1.29, 1.82) is 0 Å². The molecule has 74 valence electrons. The Balaban J connectivity index is 3.05. The Bertz CT molecular complexity index is 269. The monoisotopic (exact) mass is 312 g/mol. The van der Waals surface area contributed by atoms with Gasteiger partial charge in [-0.2, -0.15) is 0 Å². The Morgan fingerprint density at radius 3 is 2.62 bits per heavy atom. The molecular formula is C9H11Br2FO. The van der Waals surface area contributed by atoms with Gasteiger partial charge in [-0.3, -0.25) is 0 Å². The van der Waals surface area contributed by atoms with Crippen molar-refractivity contribution in [1.82, 2.24) is 0 Å². The molecule has 0 heterocycles. The first-order valence-electron chi connectivity index (χ1n) is 4.00. The highest BCUT2D eigenvalue weighted by Gasteiger charge is 2.39. The third kappa shape index (κ3) is 2.42. The summed E-state index contributed by atoms with van der Waals surface area (Å²) in [6.07, 6.45) is 1.96. The van der Waals surface area contributed by atoms with Gasteiger partial charge in [0.25, 0.3) is 0 Å². The van der Waals surface area contributed by atoms with Gasteiger partial charge in [0.05, 0.1) is 0 Å². The Morgan fingerprint density at radius 2 is 2.15 bits per heavy atom. The van der Waals surface area contributed by atoms with E-state index in [9.17, 15) is 9.50 Å². The van der Waals surface area contributed by atoms with E-state index in [0.29, 0.717) is 10.1 Å². The molecule has 1 rings (SSSR count). The highest BCUT2D eigenvalue weighted by atomic mass is 79.9. The van der Waals surface area contributed by atoms with Crippen LogP contribution in [0.4, 0.5) is 4.39 Å². The van der Waals surface area contributed by atoms with Gasteiger partial charge in [-0.1, -0.05) is 29.8 Å². The van der Waals surface area contributed by atoms with Crippen LogP contribution in [-0.2, 0) is 0 Å². The van der Waals surface area contributed by atoms with Crippen molar-refractivity contribution in [2.24, 2.45) is 5.92 Å². The second-order valence-corrected chi connectivity index (χ2v) is 5.54. The van der Waals surface area contributed by atoms with E-state index in [1.807, 2.05) is 13.8 Å². The average molecular weight is 314 g/mol. The molecule has 1 aliphatic carbocycles. The van der Waals surface area contributed by atoms with Crippen LogP contribution in [0.1, 0.15) is 13.8 Å². The predicted molar refractivity (Wildman–Crippen MR) is 58.7 cm³/mol. The van der Waals surface area contributed by atoms with E-state index in [1.165, 1.54) is 6.08 Å². The maximum absolute atomic E-state index is 13.6. The maximum atomic E-state index is 13.6. The SMILES string of the molecule is CC(C)C1=CC(Br)=CC(F)(Br)C1O. The largest absolute Gasteiger partial charge is 0.384 e. The smallest absolute Gasteiger partial charge is 0.214 e. The standard InChI is InChI=1S/C9H11Br2FO/c1-5(2)7-3-6(10)4-9(11,12)8(7)13/h3-5,8,13H,1-2H3. The Kier molecular flexibility index (Phi) is 3.36. The first kappa shape index (κ1) is 11.4. The van der Waals surface area contributed by atoms with Crippen molar-refractivity contribution in [3.63, 3.8) is 0 Å². The highest BCUT2D eigenvalue weighted by Crippen LogP contribution is 2.39. The van der Waals surface area contributed by atoms with Crippen molar-refractivity contribution in [2.45, 2.75) is 24.5 Å². The van der Waals surface area contributed by atoms with Crippen LogP contribution in [0.3, 0.4) is 0 Å². The van der Waals surface area contributed by atoms with E-state index in [1.54, 1.807) is 6.08 Å². The number of rotatable bonds is 1. The molecule has 0 aromatic carbocycles. The fraction of sp³-hybridized carbons (Fsp3) is 0.556. The summed E-state index contributed by atoms with van der Waals surface area (Å²) in [6.45, 7) is 3.84. The molecule has 0 bridgehead atoms. The van der Waals surface area contributed by atoms with Gasteiger partial charge < -0.3 is 5.11 Å². The molecule has 0 amide bonds. The van der Waals surface area contributed by atoms with E-state index < -0.39 is 10.7 Å². The van der Waals surface area contributed by atoms with E-state index in [2.05, 4.69) is 31.9 Å². The molecule has 0 saturated carbocycles. The van der Waals surface area contributed by atoms with Gasteiger partial charge in [-0.25, -0.2) is 4.39 Å². The van der Waals surface area contributed by atoms with Crippen LogP contribution in [0.5, 0.6) is 0 Å². The second kappa shape index (κ2) is 3.83. The topological polar surface area (TPSA) is 20.2 Å². The lowest BCUT2D eigenvalue weighted by atomic mass is 9.91. The summed E-state index contributed by atoms with van der Waals surface area (Å²) < 4.78 is 12.5. The van der Waals surface area contributed by atoms with Gasteiger partial charge in [0, 0.05) is 4.48 Å². The zero-order valence-electron chi connectivity index (χ0n) is 7.39. The molecule has 1 aliphatic rings. The summed E-state index contributed by atoms with van der Waals surface area (Å²) in [6, 6.07) is 0. The molecular weight excluding hydrogens is 303 g/mol. The van der Waals surface area contributed by atoms with E-state index in [4.69, 9.17) is 0 Å². The summed E-state index contributed by atoms with van der Waals surface area (Å²) in [5.41, 5.74) is 0.689. The van der Waals surface area contributed by atoms with Crippen LogP contribution in [0.25, 0.3) is 0 Å². The van der Waals surface area contributed by atoms with Gasteiger partial charge in [0.2, 0.25) is 4.58 Å². The number of aliphatic hydroxyl groups is 1. The van der Waals surface area contributed by atoms with Crippen LogP contribution < -0.4 is 0 Å². The number of allylic oxidation sites excluding steroid dienone is 2. The average Bonchev–Trinajstić information content (AvgIpc) is 1.95. The number of aliphatic hydroxyl groups excluding tert-OH is 1. The fourth-order valence-electron chi connectivity index (χ4n) is 1.25. The van der Waals surface area contributed by atoms with Crippen molar-refractivity contribution in [3.05, 3.63) is 22.2 Å². The summed E-state index contributed by atoms with van der Waals surface area (Å²) in [7, 11) is 0. The Labute approximate surface area is 94.0 Å².